The van der Waals surface area contributed by atoms with Gasteiger partial charge in [-0.25, -0.2) is 4.79 Å². The maximum Gasteiger partial charge on any atom is 0.416 e. The molecule has 148 valence electrons. The van der Waals surface area contributed by atoms with Gasteiger partial charge in [0.05, 0.1) is 26.8 Å². The van der Waals surface area contributed by atoms with E-state index in [1.54, 1.807) is 0 Å². The smallest absolute Gasteiger partial charge is 0.416 e. The van der Waals surface area contributed by atoms with Crippen molar-refractivity contribution >= 4 is 34.9 Å². The third-order valence-electron chi connectivity index (χ3n) is 3.50. The highest BCUT2D eigenvalue weighted by Crippen LogP contribution is 2.30. The highest BCUT2D eigenvalue weighted by Gasteiger charge is 2.31. The number of hydrogen-bond donors (Lipinski definition) is 1. The number of non-ortho nitro benzene ring substituents is 1. The Labute approximate surface area is 161 Å². The van der Waals surface area contributed by atoms with Gasteiger partial charge in [0.15, 0.2) is 6.10 Å². The molecule has 2 aromatic rings. The molecular weight excluding hydrogens is 405 g/mol. The lowest BCUT2D eigenvalue weighted by Crippen LogP contribution is -2.30. The largest absolute Gasteiger partial charge is 0.449 e. The summed E-state index contributed by atoms with van der Waals surface area (Å²) in [6.45, 7) is 1.19. The zero-order valence-electron chi connectivity index (χ0n) is 14.1. The number of hydrogen-bond acceptors (Lipinski definition) is 5. The van der Waals surface area contributed by atoms with Gasteiger partial charge in [-0.15, -0.1) is 0 Å². The van der Waals surface area contributed by atoms with E-state index < -0.39 is 34.6 Å². The normalized spacial score (nSPS) is 12.2. The van der Waals surface area contributed by atoms with Crippen molar-refractivity contribution in [2.75, 3.05) is 5.32 Å². The molecule has 1 amide bonds. The average Bonchev–Trinajstić information content (AvgIpc) is 2.62. The number of benzene rings is 2. The molecule has 11 heteroatoms. The second kappa shape index (κ2) is 8.26. The molecule has 28 heavy (non-hydrogen) atoms. The summed E-state index contributed by atoms with van der Waals surface area (Å²) < 4.78 is 43.0. The monoisotopic (exact) mass is 416 g/mol. The van der Waals surface area contributed by atoms with Crippen molar-refractivity contribution in [1.82, 2.24) is 0 Å². The molecule has 0 saturated carbocycles. The van der Waals surface area contributed by atoms with E-state index in [-0.39, 0.29) is 22.0 Å². The predicted molar refractivity (Wildman–Crippen MR) is 93.1 cm³/mol. The van der Waals surface area contributed by atoms with Crippen LogP contribution < -0.4 is 5.32 Å². The summed E-state index contributed by atoms with van der Waals surface area (Å²) in [6.07, 6.45) is -6.05. The molecule has 0 aromatic heterocycles. The number of rotatable bonds is 5. The van der Waals surface area contributed by atoms with E-state index >= 15 is 0 Å². The quantitative estimate of drug-likeness (QED) is 0.441. The van der Waals surface area contributed by atoms with Crippen molar-refractivity contribution in [1.29, 1.82) is 0 Å². The number of anilines is 1. The summed E-state index contributed by atoms with van der Waals surface area (Å²) in [7, 11) is 0. The molecule has 0 bridgehead atoms. The number of amides is 1. The molecule has 0 aliphatic heterocycles. The van der Waals surface area contributed by atoms with Crippen LogP contribution in [0.3, 0.4) is 0 Å². The number of esters is 1. The van der Waals surface area contributed by atoms with E-state index in [0.29, 0.717) is 6.07 Å². The molecule has 7 nitrogen and oxygen atoms in total. The first kappa shape index (κ1) is 21.2. The molecule has 0 radical (unpaired) electrons. The first-order chi connectivity index (χ1) is 13.0. The van der Waals surface area contributed by atoms with E-state index in [9.17, 15) is 32.9 Å². The molecule has 0 fully saturated rings. The van der Waals surface area contributed by atoms with Gasteiger partial charge in [0.2, 0.25) is 0 Å². The van der Waals surface area contributed by atoms with Crippen LogP contribution in [0.5, 0.6) is 0 Å². The zero-order valence-corrected chi connectivity index (χ0v) is 14.9. The molecule has 0 heterocycles. The number of alkyl halides is 3. The third-order valence-corrected chi connectivity index (χ3v) is 3.83. The first-order valence-corrected chi connectivity index (χ1v) is 8.00. The van der Waals surface area contributed by atoms with E-state index in [2.05, 4.69) is 5.32 Å². The average molecular weight is 417 g/mol. The highest BCUT2D eigenvalue weighted by molar-refractivity contribution is 6.33. The van der Waals surface area contributed by atoms with Gasteiger partial charge in [-0.05, 0) is 31.2 Å². The second-order valence-corrected chi connectivity index (χ2v) is 5.94. The summed E-state index contributed by atoms with van der Waals surface area (Å²) in [5.74, 6) is -2.01. The molecule has 2 aromatic carbocycles. The molecule has 1 atom stereocenters. The maximum absolute atomic E-state index is 12.7. The Morgan fingerprint density at radius 2 is 1.89 bits per heavy atom. The van der Waals surface area contributed by atoms with Gasteiger partial charge < -0.3 is 10.1 Å². The second-order valence-electron chi connectivity index (χ2n) is 5.54. The molecule has 1 N–H and O–H groups in total. The van der Waals surface area contributed by atoms with Gasteiger partial charge in [0, 0.05) is 12.1 Å². The maximum atomic E-state index is 12.7. The Morgan fingerprint density at radius 3 is 2.50 bits per heavy atom. The van der Waals surface area contributed by atoms with Gasteiger partial charge in [0.25, 0.3) is 11.6 Å². The standard InChI is InChI=1S/C17H12ClF3N2O5/c1-9(15(24)22-14-8-12(23(26)27)5-6-13(14)18)28-16(25)10-3-2-4-11(7-10)17(19,20)21/h2-9H,1H3,(H,22,24)/t9-/m0/s1. The van der Waals surface area contributed by atoms with Gasteiger partial charge in [-0.3, -0.25) is 14.9 Å². The Bertz CT molecular complexity index is 933. The van der Waals surface area contributed by atoms with Gasteiger partial charge >= 0.3 is 12.1 Å². The fraction of sp³-hybridized carbons (Fsp3) is 0.176. The number of nitro benzene ring substituents is 1. The number of ether oxygens (including phenoxy) is 1. The van der Waals surface area contributed by atoms with Crippen LogP contribution in [0.1, 0.15) is 22.8 Å². The fourth-order valence-corrected chi connectivity index (χ4v) is 2.23. The van der Waals surface area contributed by atoms with Crippen molar-refractivity contribution in [2.45, 2.75) is 19.2 Å². The van der Waals surface area contributed by atoms with E-state index in [0.717, 1.165) is 30.3 Å². The van der Waals surface area contributed by atoms with Crippen LogP contribution in [0.2, 0.25) is 5.02 Å². The first-order valence-electron chi connectivity index (χ1n) is 7.62. The summed E-state index contributed by atoms with van der Waals surface area (Å²) in [5, 5.41) is 13.1. The van der Waals surface area contributed by atoms with Crippen LogP contribution in [0.15, 0.2) is 42.5 Å². The van der Waals surface area contributed by atoms with E-state index in [1.165, 1.54) is 13.0 Å². The molecule has 0 aliphatic carbocycles. The lowest BCUT2D eigenvalue weighted by molar-refractivity contribution is -0.384. The van der Waals surface area contributed by atoms with Crippen LogP contribution in [-0.2, 0) is 15.7 Å². The van der Waals surface area contributed by atoms with Crippen molar-refractivity contribution in [2.24, 2.45) is 0 Å². The number of carbonyl (C=O) groups is 2. The Hall–Kier alpha value is -3.14. The summed E-state index contributed by atoms with van der Waals surface area (Å²) >= 11 is 5.86. The lowest BCUT2D eigenvalue weighted by atomic mass is 10.1. The number of nitrogens with zero attached hydrogens (tertiary/aromatic N) is 1. The minimum absolute atomic E-state index is 0.00959. The Morgan fingerprint density at radius 1 is 1.21 bits per heavy atom. The number of nitrogens with one attached hydrogen (secondary N) is 1. The number of nitro groups is 1. The summed E-state index contributed by atoms with van der Waals surface area (Å²) in [5.41, 5.74) is -1.83. The van der Waals surface area contributed by atoms with Gasteiger partial charge in [0.1, 0.15) is 0 Å². The molecule has 0 spiro atoms. The van der Waals surface area contributed by atoms with Crippen LogP contribution >= 0.6 is 11.6 Å². The minimum atomic E-state index is -4.64. The Kier molecular flexibility index (Phi) is 6.24. The van der Waals surface area contributed by atoms with Crippen LogP contribution in [0.4, 0.5) is 24.5 Å². The number of carbonyl (C=O) groups excluding carboxylic acids is 2. The van der Waals surface area contributed by atoms with Crippen molar-refractivity contribution in [3.8, 4) is 0 Å². The van der Waals surface area contributed by atoms with Crippen molar-refractivity contribution < 1.29 is 32.4 Å². The fourth-order valence-electron chi connectivity index (χ4n) is 2.06. The summed E-state index contributed by atoms with van der Waals surface area (Å²) in [6, 6.07) is 6.89. The molecule has 0 aliphatic rings. The van der Waals surface area contributed by atoms with Gasteiger partial charge in [-0.2, -0.15) is 13.2 Å². The van der Waals surface area contributed by atoms with Crippen LogP contribution in [-0.4, -0.2) is 22.9 Å². The Balaban J connectivity index is 2.10. The lowest BCUT2D eigenvalue weighted by Gasteiger charge is -2.15. The van der Waals surface area contributed by atoms with Gasteiger partial charge in [-0.1, -0.05) is 17.7 Å². The third kappa shape index (κ3) is 5.19. The summed E-state index contributed by atoms with van der Waals surface area (Å²) in [4.78, 5) is 34.3. The van der Waals surface area contributed by atoms with Crippen molar-refractivity contribution in [3.05, 3.63) is 68.7 Å². The highest BCUT2D eigenvalue weighted by atomic mass is 35.5. The van der Waals surface area contributed by atoms with Crippen molar-refractivity contribution in [3.63, 3.8) is 0 Å². The number of halogens is 4. The molecule has 0 unspecified atom stereocenters. The van der Waals surface area contributed by atoms with Crippen LogP contribution in [0, 0.1) is 10.1 Å². The molecule has 0 saturated heterocycles. The minimum Gasteiger partial charge on any atom is -0.449 e. The van der Waals surface area contributed by atoms with Crippen LogP contribution in [0.25, 0.3) is 0 Å². The molecular formula is C17H12ClF3N2O5. The zero-order chi connectivity index (χ0) is 21.1. The van der Waals surface area contributed by atoms with E-state index in [4.69, 9.17) is 16.3 Å². The topological polar surface area (TPSA) is 98.5 Å². The van der Waals surface area contributed by atoms with E-state index in [1.807, 2.05) is 0 Å². The SMILES string of the molecule is C[C@H](OC(=O)c1cccc(C(F)(F)F)c1)C(=O)Nc1cc([N+](=O)[O-])ccc1Cl. The predicted octanol–water partition coefficient (Wildman–Crippen LogP) is 4.45. The molecule has 2 rings (SSSR count).